The van der Waals surface area contributed by atoms with Gasteiger partial charge >= 0.3 is 0 Å². The Morgan fingerprint density at radius 1 is 1.73 bits per heavy atom. The number of nitrogens with one attached hydrogen (secondary N) is 1. The average Bonchev–Trinajstić information content (AvgIpc) is 2.60. The van der Waals surface area contributed by atoms with E-state index in [1.54, 1.807) is 6.20 Å². The van der Waals surface area contributed by atoms with Crippen LogP contribution in [0.15, 0.2) is 10.6 Å². The summed E-state index contributed by atoms with van der Waals surface area (Å²) in [4.78, 5) is 14.7. The molecule has 0 radical (unpaired) electrons. The summed E-state index contributed by atoms with van der Waals surface area (Å²) < 4.78 is 5.31. The molecule has 1 heterocycles. The van der Waals surface area contributed by atoms with E-state index in [9.17, 15) is 4.79 Å². The number of carbonyl (C=O) groups is 1. The second kappa shape index (κ2) is 4.90. The second-order valence-corrected chi connectivity index (χ2v) is 3.45. The van der Waals surface area contributed by atoms with Crippen molar-refractivity contribution in [2.24, 2.45) is 11.5 Å². The fourth-order valence-electron chi connectivity index (χ4n) is 1.06. The van der Waals surface area contributed by atoms with Crippen molar-refractivity contribution >= 4 is 5.91 Å². The molecule has 6 heteroatoms. The second-order valence-electron chi connectivity index (χ2n) is 3.45. The van der Waals surface area contributed by atoms with E-state index in [2.05, 4.69) is 10.3 Å². The summed E-state index contributed by atoms with van der Waals surface area (Å²) >= 11 is 0. The van der Waals surface area contributed by atoms with Crippen LogP contribution < -0.4 is 16.8 Å². The SMILES string of the molecule is Cc1cnc(C(C)NCC(N)C(N)=O)o1. The maximum Gasteiger partial charge on any atom is 0.235 e. The number of hydrogen-bond donors (Lipinski definition) is 3. The van der Waals surface area contributed by atoms with Crippen molar-refractivity contribution in [2.45, 2.75) is 25.9 Å². The van der Waals surface area contributed by atoms with Crippen molar-refractivity contribution in [3.8, 4) is 0 Å². The number of aromatic nitrogens is 1. The summed E-state index contributed by atoms with van der Waals surface area (Å²) in [6.45, 7) is 4.00. The Morgan fingerprint density at radius 2 is 2.40 bits per heavy atom. The molecule has 0 aliphatic heterocycles. The Labute approximate surface area is 88.0 Å². The van der Waals surface area contributed by atoms with Gasteiger partial charge in [0.1, 0.15) is 5.76 Å². The molecule has 1 aromatic heterocycles. The summed E-state index contributed by atoms with van der Waals surface area (Å²) in [7, 11) is 0. The number of primary amides is 1. The van der Waals surface area contributed by atoms with Crippen LogP contribution >= 0.6 is 0 Å². The molecule has 2 unspecified atom stereocenters. The van der Waals surface area contributed by atoms with E-state index in [-0.39, 0.29) is 6.04 Å². The minimum atomic E-state index is -0.691. The van der Waals surface area contributed by atoms with Crippen LogP contribution in [0.4, 0.5) is 0 Å². The lowest BCUT2D eigenvalue weighted by Gasteiger charge is -2.12. The molecular weight excluding hydrogens is 196 g/mol. The summed E-state index contributed by atoms with van der Waals surface area (Å²) in [6, 6.07) is -0.785. The van der Waals surface area contributed by atoms with Crippen molar-refractivity contribution in [1.82, 2.24) is 10.3 Å². The van der Waals surface area contributed by atoms with Gasteiger partial charge in [-0.1, -0.05) is 0 Å². The van der Waals surface area contributed by atoms with Gasteiger partial charge in [0.2, 0.25) is 11.8 Å². The van der Waals surface area contributed by atoms with Crippen molar-refractivity contribution in [3.63, 3.8) is 0 Å². The van der Waals surface area contributed by atoms with Crippen LogP contribution in [-0.2, 0) is 4.79 Å². The summed E-state index contributed by atoms with van der Waals surface area (Å²) in [5.41, 5.74) is 10.5. The molecule has 5 N–H and O–H groups in total. The fourth-order valence-corrected chi connectivity index (χ4v) is 1.06. The van der Waals surface area contributed by atoms with Crippen LogP contribution in [-0.4, -0.2) is 23.5 Å². The van der Waals surface area contributed by atoms with Crippen LogP contribution in [0.2, 0.25) is 0 Å². The monoisotopic (exact) mass is 212 g/mol. The van der Waals surface area contributed by atoms with Gasteiger partial charge < -0.3 is 21.2 Å². The van der Waals surface area contributed by atoms with E-state index in [0.717, 1.165) is 5.76 Å². The van der Waals surface area contributed by atoms with E-state index in [1.807, 2.05) is 13.8 Å². The Hall–Kier alpha value is -1.40. The van der Waals surface area contributed by atoms with Crippen molar-refractivity contribution in [3.05, 3.63) is 17.8 Å². The number of nitrogens with zero attached hydrogens (tertiary/aromatic N) is 1. The van der Waals surface area contributed by atoms with Crippen LogP contribution in [0.5, 0.6) is 0 Å². The molecule has 0 fully saturated rings. The van der Waals surface area contributed by atoms with Crippen molar-refractivity contribution in [1.29, 1.82) is 0 Å². The quantitative estimate of drug-likeness (QED) is 0.606. The van der Waals surface area contributed by atoms with Crippen LogP contribution in [0.1, 0.15) is 24.6 Å². The van der Waals surface area contributed by atoms with Crippen molar-refractivity contribution in [2.75, 3.05) is 6.54 Å². The zero-order chi connectivity index (χ0) is 11.4. The van der Waals surface area contributed by atoms with E-state index in [1.165, 1.54) is 0 Å². The minimum absolute atomic E-state index is 0.0934. The lowest BCUT2D eigenvalue weighted by Crippen LogP contribution is -2.44. The normalized spacial score (nSPS) is 14.9. The smallest absolute Gasteiger partial charge is 0.235 e. The molecule has 0 saturated carbocycles. The maximum atomic E-state index is 10.7. The highest BCUT2D eigenvalue weighted by molar-refractivity contribution is 5.79. The molecule has 0 aromatic carbocycles. The molecule has 0 aliphatic rings. The molecule has 1 aromatic rings. The first-order valence-corrected chi connectivity index (χ1v) is 4.71. The van der Waals surface area contributed by atoms with Crippen LogP contribution in [0.3, 0.4) is 0 Å². The standard InChI is InChI=1S/C9H16N4O2/c1-5-3-13-9(15-5)6(2)12-4-7(10)8(11)14/h3,6-7,12H,4,10H2,1-2H3,(H2,11,14). The molecule has 0 aliphatic carbocycles. The third kappa shape index (κ3) is 3.34. The predicted molar refractivity (Wildman–Crippen MR) is 54.8 cm³/mol. The molecule has 2 atom stereocenters. The van der Waals surface area contributed by atoms with Crippen LogP contribution in [0, 0.1) is 6.92 Å². The summed E-state index contributed by atoms with van der Waals surface area (Å²) in [5, 5.41) is 3.01. The highest BCUT2D eigenvalue weighted by atomic mass is 16.4. The van der Waals surface area contributed by atoms with E-state index >= 15 is 0 Å². The first kappa shape index (κ1) is 11.7. The Kier molecular flexibility index (Phi) is 3.81. The Balaban J connectivity index is 2.43. The molecule has 0 saturated heterocycles. The topological polar surface area (TPSA) is 107 Å². The lowest BCUT2D eigenvalue weighted by molar-refractivity contribution is -0.119. The van der Waals surface area contributed by atoms with E-state index < -0.39 is 11.9 Å². The highest BCUT2D eigenvalue weighted by Gasteiger charge is 2.14. The van der Waals surface area contributed by atoms with E-state index in [4.69, 9.17) is 15.9 Å². The van der Waals surface area contributed by atoms with Gasteiger partial charge in [-0.05, 0) is 13.8 Å². The number of hydrogen-bond acceptors (Lipinski definition) is 5. The fraction of sp³-hybridized carbons (Fsp3) is 0.556. The zero-order valence-corrected chi connectivity index (χ0v) is 8.86. The van der Waals surface area contributed by atoms with Gasteiger partial charge in [-0.2, -0.15) is 0 Å². The molecule has 0 spiro atoms. The minimum Gasteiger partial charge on any atom is -0.444 e. The first-order chi connectivity index (χ1) is 7.00. The molecule has 1 rings (SSSR count). The van der Waals surface area contributed by atoms with Gasteiger partial charge in [-0.25, -0.2) is 4.98 Å². The number of oxazole rings is 1. The van der Waals surface area contributed by atoms with Gasteiger partial charge in [0.25, 0.3) is 0 Å². The van der Waals surface area contributed by atoms with Crippen LogP contribution in [0.25, 0.3) is 0 Å². The van der Waals surface area contributed by atoms with Gasteiger partial charge in [0, 0.05) is 6.54 Å². The van der Waals surface area contributed by atoms with Gasteiger partial charge in [0.05, 0.1) is 18.3 Å². The molecule has 1 amide bonds. The zero-order valence-electron chi connectivity index (χ0n) is 8.86. The first-order valence-electron chi connectivity index (χ1n) is 4.71. The largest absolute Gasteiger partial charge is 0.444 e. The van der Waals surface area contributed by atoms with Gasteiger partial charge in [-0.3, -0.25) is 4.79 Å². The molecule has 0 bridgehead atoms. The average molecular weight is 212 g/mol. The summed E-state index contributed by atoms with van der Waals surface area (Å²) in [5.74, 6) is 0.792. The third-order valence-electron chi connectivity index (χ3n) is 2.02. The molecular formula is C9H16N4O2. The number of rotatable bonds is 5. The van der Waals surface area contributed by atoms with E-state index in [0.29, 0.717) is 12.4 Å². The number of amides is 1. The Bertz CT molecular complexity index is 337. The molecule has 84 valence electrons. The molecule has 15 heavy (non-hydrogen) atoms. The lowest BCUT2D eigenvalue weighted by atomic mass is 10.2. The number of carbonyl (C=O) groups excluding carboxylic acids is 1. The van der Waals surface area contributed by atoms with Crippen molar-refractivity contribution < 1.29 is 9.21 Å². The third-order valence-corrected chi connectivity index (χ3v) is 2.02. The molecule has 6 nitrogen and oxygen atoms in total. The highest BCUT2D eigenvalue weighted by Crippen LogP contribution is 2.11. The number of aryl methyl sites for hydroxylation is 1. The van der Waals surface area contributed by atoms with Gasteiger partial charge in [-0.15, -0.1) is 0 Å². The predicted octanol–water partition coefficient (Wildman–Crippen LogP) is -0.554. The Morgan fingerprint density at radius 3 is 2.87 bits per heavy atom. The van der Waals surface area contributed by atoms with Gasteiger partial charge in [0.15, 0.2) is 0 Å². The maximum absolute atomic E-state index is 10.7. The summed E-state index contributed by atoms with van der Waals surface area (Å²) in [6.07, 6.45) is 1.64. The number of nitrogens with two attached hydrogens (primary N) is 2.